The monoisotopic (exact) mass is 388 g/mol. The highest BCUT2D eigenvalue weighted by molar-refractivity contribution is 7.89. The van der Waals surface area contributed by atoms with Crippen molar-refractivity contribution in [3.05, 3.63) is 59.2 Å². The highest BCUT2D eigenvalue weighted by atomic mass is 32.2. The molecule has 1 aliphatic rings. The van der Waals surface area contributed by atoms with E-state index in [-0.39, 0.29) is 16.8 Å². The molecule has 1 saturated heterocycles. The van der Waals surface area contributed by atoms with Crippen molar-refractivity contribution < 1.29 is 17.9 Å². The Labute approximate surface area is 160 Å². The predicted octanol–water partition coefficient (Wildman–Crippen LogP) is 2.97. The fourth-order valence-electron chi connectivity index (χ4n) is 3.25. The van der Waals surface area contributed by atoms with Gasteiger partial charge in [-0.2, -0.15) is 4.31 Å². The minimum Gasteiger partial charge on any atom is -0.378 e. The largest absolute Gasteiger partial charge is 0.378 e. The van der Waals surface area contributed by atoms with Gasteiger partial charge in [0.1, 0.15) is 0 Å². The van der Waals surface area contributed by atoms with Gasteiger partial charge in [-0.25, -0.2) is 8.42 Å². The summed E-state index contributed by atoms with van der Waals surface area (Å²) in [5.74, 6) is -0.341. The Morgan fingerprint density at radius 3 is 2.52 bits per heavy atom. The van der Waals surface area contributed by atoms with Crippen LogP contribution in [0.25, 0.3) is 0 Å². The molecule has 1 N–H and O–H groups in total. The molecule has 7 heteroatoms. The first kappa shape index (κ1) is 19.5. The van der Waals surface area contributed by atoms with Gasteiger partial charge >= 0.3 is 0 Å². The molecule has 1 fully saturated rings. The second-order valence-corrected chi connectivity index (χ2v) is 8.79. The van der Waals surface area contributed by atoms with Crippen molar-refractivity contribution in [3.63, 3.8) is 0 Å². The van der Waals surface area contributed by atoms with Crippen LogP contribution >= 0.6 is 0 Å². The molecule has 0 bridgehead atoms. The molecule has 2 aromatic rings. The minimum absolute atomic E-state index is 0.115. The van der Waals surface area contributed by atoms with Gasteiger partial charge in [0.25, 0.3) is 5.91 Å². The van der Waals surface area contributed by atoms with Crippen LogP contribution in [0.2, 0.25) is 0 Å². The Morgan fingerprint density at radius 1 is 1.15 bits per heavy atom. The topological polar surface area (TPSA) is 75.7 Å². The number of aryl methyl sites for hydroxylation is 2. The van der Waals surface area contributed by atoms with E-state index >= 15 is 0 Å². The van der Waals surface area contributed by atoms with Crippen LogP contribution in [-0.2, 0) is 14.8 Å². The van der Waals surface area contributed by atoms with Gasteiger partial charge in [0, 0.05) is 23.8 Å². The Balaban J connectivity index is 1.85. The molecule has 1 atom stereocenters. The SMILES string of the molecule is Cc1cc(C)cc(NC(=O)c2cccc(S(=O)(=O)N3CCOCC3C)c2)c1. The number of hydrogen-bond acceptors (Lipinski definition) is 4. The first-order valence-electron chi connectivity index (χ1n) is 8.86. The van der Waals surface area contributed by atoms with Crippen LogP contribution in [0.1, 0.15) is 28.4 Å². The van der Waals surface area contributed by atoms with Gasteiger partial charge in [-0.1, -0.05) is 12.1 Å². The highest BCUT2D eigenvalue weighted by Gasteiger charge is 2.31. The normalized spacial score (nSPS) is 18.3. The zero-order valence-corrected chi connectivity index (χ0v) is 16.5. The van der Waals surface area contributed by atoms with Gasteiger partial charge < -0.3 is 10.1 Å². The number of ether oxygens (including phenoxy) is 1. The molecule has 6 nitrogen and oxygen atoms in total. The molecule has 1 unspecified atom stereocenters. The molecule has 0 spiro atoms. The summed E-state index contributed by atoms with van der Waals surface area (Å²) < 4.78 is 32.7. The number of carbonyl (C=O) groups is 1. The Hall–Kier alpha value is -2.22. The fraction of sp³-hybridized carbons (Fsp3) is 0.350. The van der Waals surface area contributed by atoms with Crippen LogP contribution in [0.3, 0.4) is 0 Å². The number of benzene rings is 2. The highest BCUT2D eigenvalue weighted by Crippen LogP contribution is 2.22. The van der Waals surface area contributed by atoms with Gasteiger partial charge in [-0.3, -0.25) is 4.79 Å². The predicted molar refractivity (Wildman–Crippen MR) is 104 cm³/mol. The van der Waals surface area contributed by atoms with Crippen LogP contribution in [0.15, 0.2) is 47.4 Å². The van der Waals surface area contributed by atoms with Crippen molar-refractivity contribution in [1.29, 1.82) is 0 Å². The first-order chi connectivity index (χ1) is 12.8. The summed E-state index contributed by atoms with van der Waals surface area (Å²) in [5, 5.41) is 2.84. The summed E-state index contributed by atoms with van der Waals surface area (Å²) in [6, 6.07) is 11.7. The number of nitrogens with one attached hydrogen (secondary N) is 1. The number of hydrogen-bond donors (Lipinski definition) is 1. The number of amides is 1. The number of carbonyl (C=O) groups excluding carboxylic acids is 1. The molecular weight excluding hydrogens is 364 g/mol. The van der Waals surface area contributed by atoms with E-state index in [0.29, 0.717) is 31.0 Å². The van der Waals surface area contributed by atoms with Crippen molar-refractivity contribution in [1.82, 2.24) is 4.31 Å². The third-order valence-corrected chi connectivity index (χ3v) is 6.50. The number of morpholine rings is 1. The molecule has 3 rings (SSSR count). The van der Waals surface area contributed by atoms with Gasteiger partial charge in [0.2, 0.25) is 10.0 Å². The lowest BCUT2D eigenvalue weighted by Gasteiger charge is -2.32. The second kappa shape index (κ2) is 7.80. The average molecular weight is 388 g/mol. The zero-order valence-electron chi connectivity index (χ0n) is 15.7. The molecule has 1 aliphatic heterocycles. The lowest BCUT2D eigenvalue weighted by atomic mass is 10.1. The molecule has 0 radical (unpaired) electrons. The molecule has 0 aromatic heterocycles. The number of rotatable bonds is 4. The molecule has 0 saturated carbocycles. The van der Waals surface area contributed by atoms with Crippen molar-refractivity contribution in [2.75, 3.05) is 25.1 Å². The van der Waals surface area contributed by atoms with E-state index in [0.717, 1.165) is 11.1 Å². The molecule has 1 amide bonds. The van der Waals surface area contributed by atoms with E-state index in [1.165, 1.54) is 16.4 Å². The van der Waals surface area contributed by atoms with Gasteiger partial charge in [-0.05, 0) is 62.2 Å². The molecule has 27 heavy (non-hydrogen) atoms. The van der Waals surface area contributed by atoms with Crippen LogP contribution in [0.5, 0.6) is 0 Å². The smallest absolute Gasteiger partial charge is 0.255 e. The minimum atomic E-state index is -3.68. The Morgan fingerprint density at radius 2 is 1.85 bits per heavy atom. The quantitative estimate of drug-likeness (QED) is 0.874. The Bertz CT molecular complexity index is 936. The van der Waals surface area contributed by atoms with E-state index in [9.17, 15) is 13.2 Å². The number of sulfonamides is 1. The van der Waals surface area contributed by atoms with E-state index in [4.69, 9.17) is 4.74 Å². The molecule has 144 valence electrons. The van der Waals surface area contributed by atoms with Crippen LogP contribution < -0.4 is 5.32 Å². The van der Waals surface area contributed by atoms with Crippen LogP contribution in [0.4, 0.5) is 5.69 Å². The van der Waals surface area contributed by atoms with Crippen LogP contribution in [0, 0.1) is 13.8 Å². The van der Waals surface area contributed by atoms with Gasteiger partial charge in [0.15, 0.2) is 0 Å². The van der Waals surface area contributed by atoms with E-state index in [2.05, 4.69) is 5.32 Å². The maximum absolute atomic E-state index is 13.0. The van der Waals surface area contributed by atoms with E-state index in [1.54, 1.807) is 12.1 Å². The third kappa shape index (κ3) is 4.37. The van der Waals surface area contributed by atoms with Crippen molar-refractivity contribution in [2.45, 2.75) is 31.7 Å². The third-order valence-electron chi connectivity index (χ3n) is 4.49. The summed E-state index contributed by atoms with van der Waals surface area (Å²) in [6.45, 7) is 6.77. The maximum Gasteiger partial charge on any atom is 0.255 e. The van der Waals surface area contributed by atoms with E-state index < -0.39 is 10.0 Å². The van der Waals surface area contributed by atoms with Crippen molar-refractivity contribution in [3.8, 4) is 0 Å². The van der Waals surface area contributed by atoms with E-state index in [1.807, 2.05) is 39.0 Å². The summed E-state index contributed by atoms with van der Waals surface area (Å²) in [4.78, 5) is 12.7. The van der Waals surface area contributed by atoms with Gasteiger partial charge in [0.05, 0.1) is 18.1 Å². The summed E-state index contributed by atoms with van der Waals surface area (Å²) in [5.41, 5.74) is 3.08. The lowest BCUT2D eigenvalue weighted by molar-refractivity contribution is 0.0393. The first-order valence-corrected chi connectivity index (χ1v) is 10.3. The molecular formula is C20H24N2O4S. The van der Waals surface area contributed by atoms with Crippen molar-refractivity contribution >= 4 is 21.6 Å². The van der Waals surface area contributed by atoms with Crippen LogP contribution in [-0.4, -0.2) is 44.4 Å². The number of nitrogens with zero attached hydrogens (tertiary/aromatic N) is 1. The molecule has 0 aliphatic carbocycles. The summed E-state index contributed by atoms with van der Waals surface area (Å²) >= 11 is 0. The fourth-order valence-corrected chi connectivity index (χ4v) is 4.90. The summed E-state index contributed by atoms with van der Waals surface area (Å²) in [7, 11) is -3.68. The number of anilines is 1. The second-order valence-electron chi connectivity index (χ2n) is 6.90. The Kier molecular flexibility index (Phi) is 5.64. The summed E-state index contributed by atoms with van der Waals surface area (Å²) in [6.07, 6.45) is 0. The zero-order chi connectivity index (χ0) is 19.6. The molecule has 1 heterocycles. The molecule has 2 aromatic carbocycles. The average Bonchev–Trinajstić information content (AvgIpc) is 2.61. The standard InChI is InChI=1S/C20H24N2O4S/c1-14-9-15(2)11-18(10-14)21-20(23)17-5-4-6-19(12-17)27(24,25)22-7-8-26-13-16(22)3/h4-6,9-12,16H,7-8,13H2,1-3H3,(H,21,23). The lowest BCUT2D eigenvalue weighted by Crippen LogP contribution is -2.46. The maximum atomic E-state index is 13.0. The van der Waals surface area contributed by atoms with Crippen molar-refractivity contribution in [2.24, 2.45) is 0 Å². The van der Waals surface area contributed by atoms with Gasteiger partial charge in [-0.15, -0.1) is 0 Å².